The maximum atomic E-state index is 12.5. The van der Waals surface area contributed by atoms with Gasteiger partial charge in [0.25, 0.3) is 11.8 Å². The van der Waals surface area contributed by atoms with Gasteiger partial charge in [-0.1, -0.05) is 0 Å². The second-order valence-electron chi connectivity index (χ2n) is 2.66. The second kappa shape index (κ2) is 4.14. The molecule has 1 rings (SSSR count). The molecule has 1 amide bonds. The van der Waals surface area contributed by atoms with Crippen LogP contribution in [0.25, 0.3) is 0 Å². The molecule has 0 fully saturated rings. The van der Waals surface area contributed by atoms with Gasteiger partial charge in [-0.2, -0.15) is 0 Å². The molecule has 0 saturated carbocycles. The van der Waals surface area contributed by atoms with Crippen molar-refractivity contribution in [2.45, 2.75) is 5.92 Å². The molecule has 0 saturated heterocycles. The SMILES string of the molecule is O=C(NCC(F)(F)CO)c1cnc[nH]1. The van der Waals surface area contributed by atoms with Gasteiger partial charge in [-0.25, -0.2) is 13.8 Å². The van der Waals surface area contributed by atoms with Gasteiger partial charge in [-0.3, -0.25) is 4.79 Å². The molecule has 0 unspecified atom stereocenters. The number of rotatable bonds is 4. The van der Waals surface area contributed by atoms with Crippen LogP contribution in [0.4, 0.5) is 8.78 Å². The highest BCUT2D eigenvalue weighted by molar-refractivity contribution is 5.91. The molecule has 0 aliphatic carbocycles. The zero-order chi connectivity index (χ0) is 10.6. The highest BCUT2D eigenvalue weighted by Crippen LogP contribution is 2.09. The molecule has 0 aliphatic heterocycles. The lowest BCUT2D eigenvalue weighted by Gasteiger charge is -2.13. The lowest BCUT2D eigenvalue weighted by atomic mass is 10.3. The molecule has 1 aromatic heterocycles. The molecule has 0 radical (unpaired) electrons. The van der Waals surface area contributed by atoms with Crippen molar-refractivity contribution in [3.8, 4) is 0 Å². The number of aliphatic hydroxyl groups excluding tert-OH is 1. The van der Waals surface area contributed by atoms with Crippen molar-refractivity contribution in [1.29, 1.82) is 0 Å². The number of amides is 1. The predicted molar refractivity (Wildman–Crippen MR) is 43.0 cm³/mol. The number of alkyl halides is 2. The van der Waals surface area contributed by atoms with Crippen LogP contribution >= 0.6 is 0 Å². The zero-order valence-corrected chi connectivity index (χ0v) is 7.13. The number of aromatic nitrogens is 2. The van der Waals surface area contributed by atoms with Crippen molar-refractivity contribution in [1.82, 2.24) is 15.3 Å². The summed E-state index contributed by atoms with van der Waals surface area (Å²) in [5.41, 5.74) is 0.0961. The molecule has 0 aliphatic rings. The van der Waals surface area contributed by atoms with Crippen molar-refractivity contribution < 1.29 is 18.7 Å². The molecule has 1 heterocycles. The molecule has 0 atom stereocenters. The van der Waals surface area contributed by atoms with Gasteiger partial charge in [-0.05, 0) is 0 Å². The van der Waals surface area contributed by atoms with Gasteiger partial charge >= 0.3 is 0 Å². The zero-order valence-electron chi connectivity index (χ0n) is 7.13. The number of halogens is 2. The van der Waals surface area contributed by atoms with E-state index in [0.29, 0.717) is 0 Å². The first-order chi connectivity index (χ1) is 6.55. The fourth-order valence-electron chi connectivity index (χ4n) is 0.741. The van der Waals surface area contributed by atoms with Crippen LogP contribution in [0.1, 0.15) is 10.5 Å². The van der Waals surface area contributed by atoms with Crippen molar-refractivity contribution in [2.75, 3.05) is 13.2 Å². The van der Waals surface area contributed by atoms with Crippen LogP contribution in [0, 0.1) is 0 Å². The fraction of sp³-hybridized carbons (Fsp3) is 0.429. The number of H-pyrrole nitrogens is 1. The summed E-state index contributed by atoms with van der Waals surface area (Å²) in [7, 11) is 0. The minimum absolute atomic E-state index is 0.0961. The summed E-state index contributed by atoms with van der Waals surface area (Å²) in [5.74, 6) is -3.98. The van der Waals surface area contributed by atoms with E-state index in [1.807, 2.05) is 5.32 Å². The number of carbonyl (C=O) groups is 1. The minimum atomic E-state index is -3.30. The van der Waals surface area contributed by atoms with Crippen molar-refractivity contribution in [2.24, 2.45) is 0 Å². The molecule has 14 heavy (non-hydrogen) atoms. The molecule has 7 heteroatoms. The number of aliphatic hydroxyl groups is 1. The first kappa shape index (κ1) is 10.6. The van der Waals surface area contributed by atoms with Crippen LogP contribution in [-0.4, -0.2) is 40.1 Å². The van der Waals surface area contributed by atoms with Crippen molar-refractivity contribution in [3.05, 3.63) is 18.2 Å². The van der Waals surface area contributed by atoms with Gasteiger partial charge in [0.15, 0.2) is 0 Å². The van der Waals surface area contributed by atoms with E-state index >= 15 is 0 Å². The first-order valence-electron chi connectivity index (χ1n) is 3.80. The largest absolute Gasteiger partial charge is 0.390 e. The second-order valence-corrected chi connectivity index (χ2v) is 2.66. The van der Waals surface area contributed by atoms with Crippen LogP contribution in [0.15, 0.2) is 12.5 Å². The summed E-state index contributed by atoms with van der Waals surface area (Å²) < 4.78 is 24.9. The lowest BCUT2D eigenvalue weighted by Crippen LogP contribution is -2.39. The molecule has 0 bridgehead atoms. The first-order valence-corrected chi connectivity index (χ1v) is 3.80. The van der Waals surface area contributed by atoms with Gasteiger partial charge in [0, 0.05) is 0 Å². The summed E-state index contributed by atoms with van der Waals surface area (Å²) >= 11 is 0. The van der Waals surface area contributed by atoms with E-state index in [2.05, 4.69) is 9.97 Å². The maximum absolute atomic E-state index is 12.5. The molecular weight excluding hydrogens is 196 g/mol. The summed E-state index contributed by atoms with van der Waals surface area (Å²) in [5, 5.41) is 10.2. The van der Waals surface area contributed by atoms with E-state index in [9.17, 15) is 13.6 Å². The monoisotopic (exact) mass is 205 g/mol. The Morgan fingerprint density at radius 3 is 2.93 bits per heavy atom. The van der Waals surface area contributed by atoms with Crippen molar-refractivity contribution >= 4 is 5.91 Å². The number of carbonyl (C=O) groups excluding carboxylic acids is 1. The third-order valence-corrected chi connectivity index (χ3v) is 1.48. The molecule has 0 spiro atoms. The Kier molecular flexibility index (Phi) is 3.13. The Bertz CT molecular complexity index is 300. The van der Waals surface area contributed by atoms with Gasteiger partial charge in [0.05, 0.1) is 19.1 Å². The summed E-state index contributed by atoms with van der Waals surface area (Å²) in [4.78, 5) is 17.1. The standard InChI is InChI=1S/C7H9F2N3O2/c8-7(9,3-13)2-11-6(14)5-1-10-4-12-5/h1,4,13H,2-3H2,(H,10,12)(H,11,14). The molecule has 3 N–H and O–H groups in total. The quantitative estimate of drug-likeness (QED) is 0.635. The molecular formula is C7H9F2N3O2. The van der Waals surface area contributed by atoms with Crippen LogP contribution in [-0.2, 0) is 0 Å². The number of nitrogens with one attached hydrogen (secondary N) is 2. The van der Waals surface area contributed by atoms with Crippen LogP contribution in [0.2, 0.25) is 0 Å². The van der Waals surface area contributed by atoms with E-state index < -0.39 is 25.0 Å². The topological polar surface area (TPSA) is 78.0 Å². The summed E-state index contributed by atoms with van der Waals surface area (Å²) in [6.45, 7) is -2.20. The van der Waals surface area contributed by atoms with Gasteiger partial charge in [-0.15, -0.1) is 0 Å². The average Bonchev–Trinajstić information content (AvgIpc) is 2.67. The fourth-order valence-corrected chi connectivity index (χ4v) is 0.741. The number of imidazole rings is 1. The average molecular weight is 205 g/mol. The van der Waals surface area contributed by atoms with Gasteiger partial charge in [0.2, 0.25) is 0 Å². The normalized spacial score (nSPS) is 11.4. The Morgan fingerprint density at radius 1 is 1.71 bits per heavy atom. The van der Waals surface area contributed by atoms with Crippen LogP contribution in [0.5, 0.6) is 0 Å². The van der Waals surface area contributed by atoms with E-state index in [1.54, 1.807) is 0 Å². The molecule has 1 aromatic rings. The highest BCUT2D eigenvalue weighted by atomic mass is 19.3. The van der Waals surface area contributed by atoms with E-state index in [1.165, 1.54) is 12.5 Å². The molecule has 5 nitrogen and oxygen atoms in total. The summed E-state index contributed by atoms with van der Waals surface area (Å²) in [6, 6.07) is 0. The number of hydrogen-bond donors (Lipinski definition) is 3. The van der Waals surface area contributed by atoms with E-state index in [0.717, 1.165) is 0 Å². The minimum Gasteiger partial charge on any atom is -0.390 e. The maximum Gasteiger partial charge on any atom is 0.287 e. The lowest BCUT2D eigenvalue weighted by molar-refractivity contribution is -0.0462. The van der Waals surface area contributed by atoms with Crippen LogP contribution < -0.4 is 5.32 Å². The van der Waals surface area contributed by atoms with E-state index in [4.69, 9.17) is 5.11 Å². The third kappa shape index (κ3) is 2.77. The van der Waals surface area contributed by atoms with Crippen LogP contribution in [0.3, 0.4) is 0 Å². The Morgan fingerprint density at radius 2 is 2.43 bits per heavy atom. The number of hydrogen-bond acceptors (Lipinski definition) is 3. The smallest absolute Gasteiger partial charge is 0.287 e. The van der Waals surface area contributed by atoms with Crippen molar-refractivity contribution in [3.63, 3.8) is 0 Å². The van der Waals surface area contributed by atoms with Gasteiger partial charge < -0.3 is 15.4 Å². The summed E-state index contributed by atoms with van der Waals surface area (Å²) in [6.07, 6.45) is 2.48. The highest BCUT2D eigenvalue weighted by Gasteiger charge is 2.28. The van der Waals surface area contributed by atoms with E-state index in [-0.39, 0.29) is 5.69 Å². The number of nitrogens with zero attached hydrogens (tertiary/aromatic N) is 1. The Balaban J connectivity index is 2.43. The van der Waals surface area contributed by atoms with Gasteiger partial charge in [0.1, 0.15) is 12.3 Å². The third-order valence-electron chi connectivity index (χ3n) is 1.48. The number of aromatic amines is 1. The molecule has 0 aromatic carbocycles. The molecule has 78 valence electrons. The Labute approximate surface area is 78.2 Å². The Hall–Kier alpha value is -1.50. The predicted octanol–water partition coefficient (Wildman–Crippen LogP) is -0.233.